The summed E-state index contributed by atoms with van der Waals surface area (Å²) in [5.74, 6) is 0. The molecule has 1 heterocycles. The fourth-order valence-corrected chi connectivity index (χ4v) is 2.50. The summed E-state index contributed by atoms with van der Waals surface area (Å²) in [4.78, 5) is 5.77. The molecule has 0 atom stereocenters. The molecule has 3 heteroatoms. The Hall–Kier alpha value is -1.48. The van der Waals surface area contributed by atoms with Gasteiger partial charge in [-0.25, -0.2) is 0 Å². The van der Waals surface area contributed by atoms with E-state index in [1.807, 2.05) is 7.05 Å². The lowest BCUT2D eigenvalue weighted by Gasteiger charge is -2.31. The molecule has 0 radical (unpaired) electrons. The lowest BCUT2D eigenvalue weighted by atomic mass is 10.0. The molecule has 0 saturated carbocycles. The molecule has 2 rings (SSSR count). The van der Waals surface area contributed by atoms with Crippen molar-refractivity contribution in [3.05, 3.63) is 30.0 Å². The van der Waals surface area contributed by atoms with Crippen molar-refractivity contribution in [1.29, 1.82) is 0 Å². The average molecular weight is 245 g/mol. The first kappa shape index (κ1) is 13.0. The summed E-state index contributed by atoms with van der Waals surface area (Å²) in [6.07, 6.45) is 0. The number of aryl methyl sites for hydroxylation is 1. The van der Waals surface area contributed by atoms with Crippen LogP contribution in [0.3, 0.4) is 0 Å². The number of nitrogens with zero attached hydrogens (tertiary/aromatic N) is 1. The highest BCUT2D eigenvalue weighted by molar-refractivity contribution is 5.94. The van der Waals surface area contributed by atoms with E-state index in [1.54, 1.807) is 0 Å². The molecule has 98 valence electrons. The molecule has 0 aliphatic carbocycles. The minimum Gasteiger partial charge on any atom is -0.371 e. The lowest BCUT2D eigenvalue weighted by molar-refractivity contribution is 0.428. The summed E-state index contributed by atoms with van der Waals surface area (Å²) in [7, 11) is 4.16. The van der Waals surface area contributed by atoms with Crippen molar-refractivity contribution in [1.82, 2.24) is 10.3 Å². The molecule has 18 heavy (non-hydrogen) atoms. The van der Waals surface area contributed by atoms with Crippen LogP contribution in [0.15, 0.2) is 24.3 Å². The molecule has 3 nitrogen and oxygen atoms in total. The number of H-pyrrole nitrogens is 1. The predicted octanol–water partition coefficient (Wildman–Crippen LogP) is 2.91. The van der Waals surface area contributed by atoms with Crippen LogP contribution >= 0.6 is 0 Å². The predicted molar refractivity (Wildman–Crippen MR) is 79.4 cm³/mol. The van der Waals surface area contributed by atoms with Gasteiger partial charge in [-0.2, -0.15) is 0 Å². The summed E-state index contributed by atoms with van der Waals surface area (Å²) in [6, 6.07) is 8.47. The molecule has 0 unspecified atom stereocenters. The Morgan fingerprint density at radius 2 is 1.94 bits per heavy atom. The van der Waals surface area contributed by atoms with E-state index in [2.05, 4.69) is 67.3 Å². The smallest absolute Gasteiger partial charge is 0.0652 e. The maximum Gasteiger partial charge on any atom is 0.0652 e. The molecule has 0 aliphatic heterocycles. The van der Waals surface area contributed by atoms with Gasteiger partial charge in [0.25, 0.3) is 0 Å². The molecular formula is C15H23N3. The van der Waals surface area contributed by atoms with Crippen LogP contribution in [-0.4, -0.2) is 31.2 Å². The van der Waals surface area contributed by atoms with Gasteiger partial charge in [-0.1, -0.05) is 18.2 Å². The van der Waals surface area contributed by atoms with Gasteiger partial charge in [-0.3, -0.25) is 0 Å². The van der Waals surface area contributed by atoms with E-state index in [4.69, 9.17) is 0 Å². The molecule has 0 aliphatic rings. The number of aromatic nitrogens is 1. The summed E-state index contributed by atoms with van der Waals surface area (Å²) in [5.41, 5.74) is 3.83. The van der Waals surface area contributed by atoms with Crippen LogP contribution in [0.5, 0.6) is 0 Å². The lowest BCUT2D eigenvalue weighted by Crippen LogP contribution is -2.46. The summed E-state index contributed by atoms with van der Waals surface area (Å²) in [6.45, 7) is 7.53. The van der Waals surface area contributed by atoms with Gasteiger partial charge in [0, 0.05) is 35.7 Å². The Bertz CT molecular complexity index is 540. The molecule has 0 fully saturated rings. The van der Waals surface area contributed by atoms with Gasteiger partial charge < -0.3 is 15.2 Å². The summed E-state index contributed by atoms with van der Waals surface area (Å²) in [5, 5.41) is 4.65. The van der Waals surface area contributed by atoms with Crippen LogP contribution in [-0.2, 0) is 0 Å². The Balaban J connectivity index is 2.38. The summed E-state index contributed by atoms with van der Waals surface area (Å²) >= 11 is 0. The first-order chi connectivity index (χ1) is 8.44. The van der Waals surface area contributed by atoms with Gasteiger partial charge in [0.15, 0.2) is 0 Å². The standard InChI is InChI=1S/C15H23N3/c1-11-14(18(5)10-15(2,3)16-4)12-8-6-7-9-13(12)17-11/h6-9,16-17H,10H2,1-5H3. The fraction of sp³-hybridized carbons (Fsp3) is 0.467. The van der Waals surface area contributed by atoms with Crippen molar-refractivity contribution >= 4 is 16.6 Å². The van der Waals surface area contributed by atoms with E-state index in [0.29, 0.717) is 0 Å². The van der Waals surface area contributed by atoms with Gasteiger partial charge in [0.05, 0.1) is 5.69 Å². The van der Waals surface area contributed by atoms with Crippen LogP contribution < -0.4 is 10.2 Å². The second-order valence-corrected chi connectivity index (χ2v) is 5.63. The number of likely N-dealkylation sites (N-methyl/N-ethyl adjacent to an activating group) is 2. The Kier molecular flexibility index (Phi) is 3.35. The minimum atomic E-state index is 0.0968. The highest BCUT2D eigenvalue weighted by Gasteiger charge is 2.20. The number of aromatic amines is 1. The van der Waals surface area contributed by atoms with Crippen molar-refractivity contribution in [2.45, 2.75) is 26.3 Å². The number of para-hydroxylation sites is 1. The van der Waals surface area contributed by atoms with E-state index in [1.165, 1.54) is 22.3 Å². The maximum absolute atomic E-state index is 3.45. The first-order valence-corrected chi connectivity index (χ1v) is 6.42. The van der Waals surface area contributed by atoms with Gasteiger partial charge in [-0.15, -0.1) is 0 Å². The first-order valence-electron chi connectivity index (χ1n) is 6.42. The zero-order valence-corrected chi connectivity index (χ0v) is 12.0. The monoisotopic (exact) mass is 245 g/mol. The number of rotatable bonds is 4. The van der Waals surface area contributed by atoms with Crippen LogP contribution in [0.4, 0.5) is 5.69 Å². The Morgan fingerprint density at radius 1 is 1.28 bits per heavy atom. The molecule has 0 saturated heterocycles. The number of fused-ring (bicyclic) bond motifs is 1. The van der Waals surface area contributed by atoms with Crippen LogP contribution in [0.25, 0.3) is 10.9 Å². The second kappa shape index (κ2) is 4.65. The van der Waals surface area contributed by atoms with E-state index in [0.717, 1.165) is 6.54 Å². The van der Waals surface area contributed by atoms with Crippen molar-refractivity contribution in [3.8, 4) is 0 Å². The molecule has 1 aromatic heterocycles. The van der Waals surface area contributed by atoms with E-state index in [9.17, 15) is 0 Å². The molecule has 0 amide bonds. The van der Waals surface area contributed by atoms with Gasteiger partial charge in [0.1, 0.15) is 0 Å². The van der Waals surface area contributed by atoms with Crippen molar-refractivity contribution in [3.63, 3.8) is 0 Å². The SMILES string of the molecule is CNC(C)(C)CN(C)c1c(C)[nH]c2ccccc12. The Labute approximate surface area is 109 Å². The highest BCUT2D eigenvalue weighted by atomic mass is 15.2. The number of benzene rings is 1. The average Bonchev–Trinajstić information content (AvgIpc) is 2.64. The largest absolute Gasteiger partial charge is 0.371 e. The van der Waals surface area contributed by atoms with Crippen molar-refractivity contribution in [2.75, 3.05) is 25.5 Å². The molecule has 1 aromatic carbocycles. The Morgan fingerprint density at radius 3 is 2.61 bits per heavy atom. The number of hydrogen-bond acceptors (Lipinski definition) is 2. The molecule has 0 bridgehead atoms. The van der Waals surface area contributed by atoms with Gasteiger partial charge in [0.2, 0.25) is 0 Å². The van der Waals surface area contributed by atoms with E-state index < -0.39 is 0 Å². The van der Waals surface area contributed by atoms with Crippen LogP contribution in [0, 0.1) is 6.92 Å². The van der Waals surface area contributed by atoms with Gasteiger partial charge in [-0.05, 0) is 33.9 Å². The number of hydrogen-bond donors (Lipinski definition) is 2. The third-order valence-corrected chi connectivity index (χ3v) is 3.55. The van der Waals surface area contributed by atoms with E-state index in [-0.39, 0.29) is 5.54 Å². The minimum absolute atomic E-state index is 0.0968. The zero-order chi connectivity index (χ0) is 13.3. The number of nitrogens with one attached hydrogen (secondary N) is 2. The molecule has 2 N–H and O–H groups in total. The van der Waals surface area contributed by atoms with Crippen LogP contribution in [0.1, 0.15) is 19.5 Å². The third-order valence-electron chi connectivity index (χ3n) is 3.55. The van der Waals surface area contributed by atoms with Crippen LogP contribution in [0.2, 0.25) is 0 Å². The van der Waals surface area contributed by atoms with Gasteiger partial charge >= 0.3 is 0 Å². The summed E-state index contributed by atoms with van der Waals surface area (Å²) < 4.78 is 0. The van der Waals surface area contributed by atoms with E-state index >= 15 is 0 Å². The molecule has 0 spiro atoms. The molecule has 2 aromatic rings. The quantitative estimate of drug-likeness (QED) is 0.868. The highest BCUT2D eigenvalue weighted by Crippen LogP contribution is 2.30. The van der Waals surface area contributed by atoms with Crippen molar-refractivity contribution in [2.24, 2.45) is 0 Å². The van der Waals surface area contributed by atoms with Crippen molar-refractivity contribution < 1.29 is 0 Å². The normalized spacial score (nSPS) is 12.1. The topological polar surface area (TPSA) is 31.1 Å². The molecular weight excluding hydrogens is 222 g/mol. The number of anilines is 1. The third kappa shape index (κ3) is 2.36. The fourth-order valence-electron chi connectivity index (χ4n) is 2.50. The zero-order valence-electron chi connectivity index (χ0n) is 12.0. The maximum atomic E-state index is 3.45. The second-order valence-electron chi connectivity index (χ2n) is 5.63.